The number of hydrogen-bond donors (Lipinski definition) is 1. The summed E-state index contributed by atoms with van der Waals surface area (Å²) in [5.41, 5.74) is 1.55. The molecule has 106 valence electrons. The van der Waals surface area contributed by atoms with Gasteiger partial charge in [-0.15, -0.1) is 10.2 Å². The molecule has 0 unspecified atom stereocenters. The van der Waals surface area contributed by atoms with E-state index in [1.165, 1.54) is 0 Å². The topological polar surface area (TPSA) is 89.0 Å². The molecule has 0 spiro atoms. The molecule has 0 aliphatic carbocycles. The van der Waals surface area contributed by atoms with E-state index in [0.717, 1.165) is 16.9 Å². The summed E-state index contributed by atoms with van der Waals surface area (Å²) in [7, 11) is -3.74. The lowest BCUT2D eigenvalue weighted by molar-refractivity contribution is -0.113. The average Bonchev–Trinajstić information content (AvgIpc) is 2.75. The quantitative estimate of drug-likeness (QED) is 0.925. The van der Waals surface area contributed by atoms with Gasteiger partial charge in [0.2, 0.25) is 20.1 Å². The lowest BCUT2D eigenvalue weighted by atomic mass is 10.2. The molecule has 1 N–H and O–H groups in total. The van der Waals surface area contributed by atoms with E-state index in [4.69, 9.17) is 0 Å². The molecule has 0 fully saturated rings. The third-order valence-corrected chi connectivity index (χ3v) is 5.30. The maximum Gasteiger partial charge on any atom is 0.240 e. The Kier molecular flexibility index (Phi) is 4.15. The summed E-state index contributed by atoms with van der Waals surface area (Å²) in [5, 5.41) is 10.3. The van der Waals surface area contributed by atoms with Crippen LogP contribution < -0.4 is 5.32 Å². The SMILES string of the molecule is Cc1cccc(NC(=O)CS(=O)(=O)c2nnc(C)s2)c1. The number of rotatable bonds is 4. The second-order valence-electron chi connectivity index (χ2n) is 4.26. The molecule has 0 aliphatic heterocycles. The van der Waals surface area contributed by atoms with Crippen LogP contribution in [0.1, 0.15) is 10.6 Å². The van der Waals surface area contributed by atoms with E-state index in [0.29, 0.717) is 10.7 Å². The molecule has 2 aromatic rings. The predicted octanol–water partition coefficient (Wildman–Crippen LogP) is 1.57. The number of carbonyl (C=O) groups is 1. The normalized spacial score (nSPS) is 11.3. The van der Waals surface area contributed by atoms with Crippen LogP contribution in [0.5, 0.6) is 0 Å². The van der Waals surface area contributed by atoms with Crippen molar-refractivity contribution in [3.63, 3.8) is 0 Å². The van der Waals surface area contributed by atoms with Gasteiger partial charge in [-0.25, -0.2) is 8.42 Å². The molecule has 1 heterocycles. The number of aromatic nitrogens is 2. The molecule has 1 aromatic carbocycles. The van der Waals surface area contributed by atoms with Crippen molar-refractivity contribution in [1.82, 2.24) is 10.2 Å². The van der Waals surface area contributed by atoms with E-state index in [1.54, 1.807) is 25.1 Å². The zero-order valence-corrected chi connectivity index (χ0v) is 12.6. The number of amides is 1. The van der Waals surface area contributed by atoms with E-state index in [1.807, 2.05) is 13.0 Å². The lowest BCUT2D eigenvalue weighted by Gasteiger charge is -2.05. The van der Waals surface area contributed by atoms with Crippen molar-refractivity contribution < 1.29 is 13.2 Å². The van der Waals surface area contributed by atoms with E-state index in [-0.39, 0.29) is 4.34 Å². The summed E-state index contributed by atoms with van der Waals surface area (Å²) in [5.74, 6) is -1.24. The maximum absolute atomic E-state index is 12.0. The highest BCUT2D eigenvalue weighted by Crippen LogP contribution is 2.16. The fourth-order valence-corrected chi connectivity index (χ4v) is 3.73. The van der Waals surface area contributed by atoms with Gasteiger partial charge in [0.25, 0.3) is 0 Å². The van der Waals surface area contributed by atoms with Gasteiger partial charge < -0.3 is 5.32 Å². The van der Waals surface area contributed by atoms with Crippen LogP contribution in [0, 0.1) is 13.8 Å². The van der Waals surface area contributed by atoms with Gasteiger partial charge in [0.15, 0.2) is 0 Å². The van der Waals surface area contributed by atoms with Crippen molar-refractivity contribution >= 4 is 32.8 Å². The van der Waals surface area contributed by atoms with Crippen LogP contribution in [0.25, 0.3) is 0 Å². The van der Waals surface area contributed by atoms with Gasteiger partial charge in [0.1, 0.15) is 10.8 Å². The molecule has 0 radical (unpaired) electrons. The van der Waals surface area contributed by atoms with Crippen molar-refractivity contribution in [2.45, 2.75) is 18.2 Å². The number of aryl methyl sites for hydroxylation is 2. The van der Waals surface area contributed by atoms with Gasteiger partial charge in [-0.2, -0.15) is 0 Å². The van der Waals surface area contributed by atoms with Gasteiger partial charge in [-0.1, -0.05) is 23.5 Å². The summed E-state index contributed by atoms with van der Waals surface area (Å²) < 4.78 is 23.8. The Hall–Kier alpha value is -1.80. The molecule has 20 heavy (non-hydrogen) atoms. The van der Waals surface area contributed by atoms with Crippen molar-refractivity contribution in [2.24, 2.45) is 0 Å². The van der Waals surface area contributed by atoms with Gasteiger partial charge >= 0.3 is 0 Å². The fraction of sp³-hybridized carbons (Fsp3) is 0.250. The van der Waals surface area contributed by atoms with E-state index in [2.05, 4.69) is 15.5 Å². The minimum absolute atomic E-state index is 0.130. The minimum atomic E-state index is -3.74. The predicted molar refractivity (Wildman–Crippen MR) is 76.5 cm³/mol. The molecule has 0 bridgehead atoms. The van der Waals surface area contributed by atoms with Crippen LogP contribution >= 0.6 is 11.3 Å². The molecule has 0 saturated heterocycles. The summed E-state index contributed by atoms with van der Waals surface area (Å²) in [6.45, 7) is 3.54. The summed E-state index contributed by atoms with van der Waals surface area (Å²) in [6, 6.07) is 7.14. The Morgan fingerprint density at radius 1 is 1.30 bits per heavy atom. The van der Waals surface area contributed by atoms with Gasteiger partial charge in [-0.3, -0.25) is 4.79 Å². The van der Waals surface area contributed by atoms with Crippen LogP contribution in [-0.2, 0) is 14.6 Å². The summed E-state index contributed by atoms with van der Waals surface area (Å²) >= 11 is 0.955. The molecule has 8 heteroatoms. The van der Waals surface area contributed by atoms with Crippen LogP contribution in [0.2, 0.25) is 0 Å². The highest BCUT2D eigenvalue weighted by molar-refractivity contribution is 7.94. The van der Waals surface area contributed by atoms with Crippen molar-refractivity contribution in [2.75, 3.05) is 11.1 Å². The van der Waals surface area contributed by atoms with E-state index < -0.39 is 21.5 Å². The van der Waals surface area contributed by atoms with Gasteiger partial charge in [0, 0.05) is 5.69 Å². The molecule has 6 nitrogen and oxygen atoms in total. The van der Waals surface area contributed by atoms with E-state index in [9.17, 15) is 13.2 Å². The fourth-order valence-electron chi connectivity index (χ4n) is 1.56. The van der Waals surface area contributed by atoms with Crippen LogP contribution in [0.15, 0.2) is 28.6 Å². The average molecular weight is 311 g/mol. The molecule has 2 rings (SSSR count). The number of carbonyl (C=O) groups excluding carboxylic acids is 1. The molecular weight excluding hydrogens is 298 g/mol. The monoisotopic (exact) mass is 311 g/mol. The molecule has 0 atom stereocenters. The Bertz CT molecular complexity index is 738. The van der Waals surface area contributed by atoms with Crippen molar-refractivity contribution in [1.29, 1.82) is 0 Å². The maximum atomic E-state index is 12.0. The molecule has 0 saturated carbocycles. The van der Waals surface area contributed by atoms with Crippen LogP contribution in [-0.4, -0.2) is 30.3 Å². The summed E-state index contributed by atoms with van der Waals surface area (Å²) in [4.78, 5) is 11.8. The smallest absolute Gasteiger partial charge is 0.240 e. The number of nitrogens with zero attached hydrogens (tertiary/aromatic N) is 2. The van der Waals surface area contributed by atoms with Crippen molar-refractivity contribution in [3.8, 4) is 0 Å². The molecule has 0 aliphatic rings. The number of hydrogen-bond acceptors (Lipinski definition) is 6. The zero-order chi connectivity index (χ0) is 14.8. The van der Waals surface area contributed by atoms with E-state index >= 15 is 0 Å². The minimum Gasteiger partial charge on any atom is -0.325 e. The standard InChI is InChI=1S/C12H13N3O3S2/c1-8-4-3-5-10(6-8)13-11(16)7-20(17,18)12-15-14-9(2)19-12/h3-6H,7H2,1-2H3,(H,13,16). The Morgan fingerprint density at radius 2 is 2.05 bits per heavy atom. The Labute approximate surface area is 120 Å². The third-order valence-electron chi connectivity index (χ3n) is 2.40. The second kappa shape index (κ2) is 5.68. The molecule has 1 aromatic heterocycles. The van der Waals surface area contributed by atoms with Crippen LogP contribution in [0.3, 0.4) is 0 Å². The number of sulfone groups is 1. The van der Waals surface area contributed by atoms with Gasteiger partial charge in [-0.05, 0) is 31.5 Å². The number of nitrogens with one attached hydrogen (secondary N) is 1. The zero-order valence-electron chi connectivity index (χ0n) is 11.0. The lowest BCUT2D eigenvalue weighted by Crippen LogP contribution is -2.23. The highest BCUT2D eigenvalue weighted by Gasteiger charge is 2.23. The molecular formula is C12H13N3O3S2. The summed E-state index contributed by atoms with van der Waals surface area (Å²) in [6.07, 6.45) is 0. The van der Waals surface area contributed by atoms with Crippen molar-refractivity contribution in [3.05, 3.63) is 34.8 Å². The van der Waals surface area contributed by atoms with Crippen LogP contribution in [0.4, 0.5) is 5.69 Å². The third kappa shape index (κ3) is 3.61. The first-order valence-corrected chi connectivity index (χ1v) is 8.23. The highest BCUT2D eigenvalue weighted by atomic mass is 32.2. The number of benzene rings is 1. The first kappa shape index (κ1) is 14.6. The number of anilines is 1. The first-order chi connectivity index (χ1) is 9.37. The largest absolute Gasteiger partial charge is 0.325 e. The van der Waals surface area contributed by atoms with Gasteiger partial charge in [0.05, 0.1) is 0 Å². The Morgan fingerprint density at radius 3 is 2.65 bits per heavy atom. The first-order valence-electron chi connectivity index (χ1n) is 5.76. The Balaban J connectivity index is 2.08. The molecule has 1 amide bonds. The second-order valence-corrected chi connectivity index (χ2v) is 7.61.